The number of carbonyl (C=O) groups excluding carboxylic acids is 1. The molecule has 0 unspecified atom stereocenters. The second-order valence-corrected chi connectivity index (χ2v) is 4.30. The van der Waals surface area contributed by atoms with Crippen molar-refractivity contribution in [1.29, 1.82) is 0 Å². The molecule has 0 aliphatic rings. The summed E-state index contributed by atoms with van der Waals surface area (Å²) in [7, 11) is 0. The van der Waals surface area contributed by atoms with Gasteiger partial charge in [-0.15, -0.1) is 0 Å². The Balaban J connectivity index is 2.25. The summed E-state index contributed by atoms with van der Waals surface area (Å²) in [6.45, 7) is 0. The van der Waals surface area contributed by atoms with E-state index in [1.807, 2.05) is 0 Å². The third kappa shape index (κ3) is 2.86. The van der Waals surface area contributed by atoms with E-state index in [0.29, 0.717) is 0 Å². The molecule has 7 heteroatoms. The second kappa shape index (κ2) is 5.58. The highest BCUT2D eigenvalue weighted by Crippen LogP contribution is 2.28. The number of rotatable bonds is 3. The Morgan fingerprint density at radius 1 is 1.25 bits per heavy atom. The van der Waals surface area contributed by atoms with Gasteiger partial charge in [0.1, 0.15) is 5.75 Å². The van der Waals surface area contributed by atoms with Crippen LogP contribution in [0.15, 0.2) is 42.5 Å². The van der Waals surface area contributed by atoms with Gasteiger partial charge in [-0.05, 0) is 18.2 Å². The molecule has 0 bridgehead atoms. The molecule has 0 heterocycles. The van der Waals surface area contributed by atoms with Crippen molar-refractivity contribution in [2.24, 2.45) is 0 Å². The molecule has 6 nitrogen and oxygen atoms in total. The molecular formula is C13H9ClN2O4. The average Bonchev–Trinajstić information content (AvgIpc) is 2.41. The highest BCUT2D eigenvalue weighted by Gasteiger charge is 2.14. The standard InChI is InChI=1S/C13H9ClN2O4/c14-10-4-2-1-3-9(10)13(18)15-11-6-5-8(16(19)20)7-12(11)17/h1-7,17H,(H,15,18). The van der Waals surface area contributed by atoms with Crippen LogP contribution in [0.2, 0.25) is 5.02 Å². The number of amides is 1. The fourth-order valence-electron chi connectivity index (χ4n) is 1.57. The minimum Gasteiger partial charge on any atom is -0.506 e. The predicted molar refractivity (Wildman–Crippen MR) is 74.2 cm³/mol. The number of nitro groups is 1. The molecule has 2 rings (SSSR count). The summed E-state index contributed by atoms with van der Waals surface area (Å²) in [4.78, 5) is 21.9. The Labute approximate surface area is 118 Å². The molecule has 2 N–H and O–H groups in total. The first-order valence-electron chi connectivity index (χ1n) is 5.52. The van der Waals surface area contributed by atoms with E-state index in [-0.39, 0.29) is 27.7 Å². The zero-order valence-electron chi connectivity index (χ0n) is 10.0. The molecule has 0 spiro atoms. The molecule has 0 saturated carbocycles. The zero-order chi connectivity index (χ0) is 14.7. The van der Waals surface area contributed by atoms with Gasteiger partial charge in [0.05, 0.1) is 27.3 Å². The van der Waals surface area contributed by atoms with Crippen molar-refractivity contribution in [3.05, 3.63) is 63.2 Å². The second-order valence-electron chi connectivity index (χ2n) is 3.89. The van der Waals surface area contributed by atoms with Crippen LogP contribution in [0.1, 0.15) is 10.4 Å². The van der Waals surface area contributed by atoms with Crippen molar-refractivity contribution in [2.45, 2.75) is 0 Å². The van der Waals surface area contributed by atoms with Gasteiger partial charge in [0.2, 0.25) is 0 Å². The summed E-state index contributed by atoms with van der Waals surface area (Å²) in [5, 5.41) is 22.9. The van der Waals surface area contributed by atoms with Crippen LogP contribution in [-0.4, -0.2) is 15.9 Å². The molecule has 102 valence electrons. The van der Waals surface area contributed by atoms with E-state index in [1.165, 1.54) is 18.2 Å². The van der Waals surface area contributed by atoms with E-state index < -0.39 is 10.8 Å². The van der Waals surface area contributed by atoms with Gasteiger partial charge in [-0.3, -0.25) is 14.9 Å². The number of non-ortho nitro benzene ring substituents is 1. The van der Waals surface area contributed by atoms with Gasteiger partial charge in [-0.2, -0.15) is 0 Å². The van der Waals surface area contributed by atoms with Crippen molar-refractivity contribution >= 4 is 28.9 Å². The smallest absolute Gasteiger partial charge is 0.273 e. The van der Waals surface area contributed by atoms with Crippen molar-refractivity contribution in [3.8, 4) is 5.75 Å². The van der Waals surface area contributed by atoms with E-state index in [2.05, 4.69) is 5.32 Å². The highest BCUT2D eigenvalue weighted by molar-refractivity contribution is 6.34. The van der Waals surface area contributed by atoms with Gasteiger partial charge in [0.15, 0.2) is 0 Å². The SMILES string of the molecule is O=C(Nc1ccc([N+](=O)[O-])cc1O)c1ccccc1Cl. The molecule has 0 aliphatic carbocycles. The first-order valence-corrected chi connectivity index (χ1v) is 5.90. The van der Waals surface area contributed by atoms with E-state index >= 15 is 0 Å². The summed E-state index contributed by atoms with van der Waals surface area (Å²) in [5.41, 5.74) is 0.0469. The van der Waals surface area contributed by atoms with Crippen LogP contribution >= 0.6 is 11.6 Å². The maximum atomic E-state index is 12.0. The Hall–Kier alpha value is -2.60. The number of hydrogen-bond donors (Lipinski definition) is 2. The fourth-order valence-corrected chi connectivity index (χ4v) is 1.80. The summed E-state index contributed by atoms with van der Waals surface area (Å²) in [6.07, 6.45) is 0. The third-order valence-corrected chi connectivity index (χ3v) is 2.89. The Morgan fingerprint density at radius 2 is 1.95 bits per heavy atom. The molecule has 0 aromatic heterocycles. The maximum absolute atomic E-state index is 12.0. The topological polar surface area (TPSA) is 92.5 Å². The zero-order valence-corrected chi connectivity index (χ0v) is 10.8. The molecule has 1 amide bonds. The van der Waals surface area contributed by atoms with Crippen LogP contribution in [0.25, 0.3) is 0 Å². The van der Waals surface area contributed by atoms with Gasteiger partial charge >= 0.3 is 0 Å². The number of nitrogens with one attached hydrogen (secondary N) is 1. The summed E-state index contributed by atoms with van der Waals surface area (Å²) in [6, 6.07) is 9.82. The number of halogens is 1. The number of nitrogens with zero attached hydrogens (tertiary/aromatic N) is 1. The van der Waals surface area contributed by atoms with Gasteiger partial charge in [0, 0.05) is 6.07 Å². The molecular weight excluding hydrogens is 284 g/mol. The molecule has 0 aliphatic heterocycles. The molecule has 0 saturated heterocycles. The van der Waals surface area contributed by atoms with E-state index in [1.54, 1.807) is 18.2 Å². The lowest BCUT2D eigenvalue weighted by Crippen LogP contribution is -2.12. The number of anilines is 1. The normalized spacial score (nSPS) is 10.1. The van der Waals surface area contributed by atoms with Gasteiger partial charge in [-0.25, -0.2) is 0 Å². The third-order valence-electron chi connectivity index (χ3n) is 2.56. The predicted octanol–water partition coefficient (Wildman–Crippen LogP) is 3.21. The number of carbonyl (C=O) groups is 1. The Morgan fingerprint density at radius 3 is 2.55 bits per heavy atom. The molecule has 2 aromatic carbocycles. The average molecular weight is 293 g/mol. The minimum absolute atomic E-state index is 0.0699. The molecule has 0 radical (unpaired) electrons. The lowest BCUT2D eigenvalue weighted by atomic mass is 10.2. The van der Waals surface area contributed by atoms with Gasteiger partial charge in [0.25, 0.3) is 11.6 Å². The quantitative estimate of drug-likeness (QED) is 0.516. The van der Waals surface area contributed by atoms with Crippen LogP contribution in [0.5, 0.6) is 5.75 Å². The maximum Gasteiger partial charge on any atom is 0.273 e. The van der Waals surface area contributed by atoms with Crippen LogP contribution in [0.3, 0.4) is 0 Å². The van der Waals surface area contributed by atoms with Crippen molar-refractivity contribution < 1.29 is 14.8 Å². The lowest BCUT2D eigenvalue weighted by Gasteiger charge is -2.08. The van der Waals surface area contributed by atoms with E-state index in [0.717, 1.165) is 6.07 Å². The van der Waals surface area contributed by atoms with E-state index in [4.69, 9.17) is 11.6 Å². The molecule has 0 fully saturated rings. The van der Waals surface area contributed by atoms with Crippen LogP contribution in [-0.2, 0) is 0 Å². The van der Waals surface area contributed by atoms with Gasteiger partial charge in [-0.1, -0.05) is 23.7 Å². The van der Waals surface area contributed by atoms with Crippen LogP contribution < -0.4 is 5.32 Å². The van der Waals surface area contributed by atoms with Crippen molar-refractivity contribution in [1.82, 2.24) is 0 Å². The fraction of sp³-hybridized carbons (Fsp3) is 0. The van der Waals surface area contributed by atoms with Crippen molar-refractivity contribution in [2.75, 3.05) is 5.32 Å². The number of phenolic OH excluding ortho intramolecular Hbond substituents is 1. The van der Waals surface area contributed by atoms with Gasteiger partial charge < -0.3 is 10.4 Å². The molecule has 0 atom stereocenters. The minimum atomic E-state index is -0.639. The lowest BCUT2D eigenvalue weighted by molar-refractivity contribution is -0.384. The largest absolute Gasteiger partial charge is 0.506 e. The summed E-state index contributed by atoms with van der Waals surface area (Å²) < 4.78 is 0. The number of hydrogen-bond acceptors (Lipinski definition) is 4. The summed E-state index contributed by atoms with van der Waals surface area (Å²) >= 11 is 5.88. The molecule has 2 aromatic rings. The molecule has 20 heavy (non-hydrogen) atoms. The van der Waals surface area contributed by atoms with E-state index in [9.17, 15) is 20.0 Å². The first-order chi connectivity index (χ1) is 9.49. The summed E-state index contributed by atoms with van der Waals surface area (Å²) in [5.74, 6) is -0.903. The highest BCUT2D eigenvalue weighted by atomic mass is 35.5. The number of nitro benzene ring substituents is 1. The number of phenols is 1. The number of benzene rings is 2. The van der Waals surface area contributed by atoms with Crippen molar-refractivity contribution in [3.63, 3.8) is 0 Å². The Kier molecular flexibility index (Phi) is 3.86. The van der Waals surface area contributed by atoms with Crippen LogP contribution in [0.4, 0.5) is 11.4 Å². The monoisotopic (exact) mass is 292 g/mol. The number of aromatic hydroxyl groups is 1. The van der Waals surface area contributed by atoms with Crippen LogP contribution in [0, 0.1) is 10.1 Å². The Bertz CT molecular complexity index is 688. The first kappa shape index (κ1) is 13.8.